The van der Waals surface area contributed by atoms with Crippen molar-refractivity contribution >= 4 is 11.6 Å². The van der Waals surface area contributed by atoms with E-state index in [1.54, 1.807) is 6.07 Å². The molecule has 2 heterocycles. The first-order valence-corrected chi connectivity index (χ1v) is 7.37. The molecule has 0 amide bonds. The van der Waals surface area contributed by atoms with Crippen molar-refractivity contribution in [2.24, 2.45) is 0 Å². The zero-order valence-electron chi connectivity index (χ0n) is 11.6. The summed E-state index contributed by atoms with van der Waals surface area (Å²) in [7, 11) is 0. The van der Waals surface area contributed by atoms with Gasteiger partial charge in [0.15, 0.2) is 11.5 Å². The van der Waals surface area contributed by atoms with Crippen molar-refractivity contribution in [1.29, 1.82) is 0 Å². The van der Waals surface area contributed by atoms with Gasteiger partial charge in [-0.1, -0.05) is 11.6 Å². The Morgan fingerprint density at radius 1 is 1.29 bits per heavy atom. The number of pyridine rings is 1. The Labute approximate surface area is 127 Å². The molecule has 1 aliphatic heterocycles. The Kier molecular flexibility index (Phi) is 2.68. The predicted octanol–water partition coefficient (Wildman–Crippen LogP) is 2.59. The van der Waals surface area contributed by atoms with Crippen LogP contribution in [0.2, 0.25) is 5.02 Å². The summed E-state index contributed by atoms with van der Waals surface area (Å²) in [5, 5.41) is 23.8. The fourth-order valence-electron chi connectivity index (χ4n) is 3.59. The highest BCUT2D eigenvalue weighted by Gasteiger charge is 2.34. The third-order valence-electron chi connectivity index (χ3n) is 4.63. The molecule has 21 heavy (non-hydrogen) atoms. The van der Waals surface area contributed by atoms with Crippen molar-refractivity contribution < 1.29 is 10.2 Å². The normalized spacial score (nSPS) is 19.0. The van der Waals surface area contributed by atoms with Gasteiger partial charge in [0.2, 0.25) is 0 Å². The molecule has 5 heteroatoms. The molecule has 0 saturated heterocycles. The molecule has 4 nitrogen and oxygen atoms in total. The number of rotatable bonds is 0. The largest absolute Gasteiger partial charge is 0.504 e. The second kappa shape index (κ2) is 4.36. The van der Waals surface area contributed by atoms with Crippen molar-refractivity contribution in [1.82, 2.24) is 10.3 Å². The van der Waals surface area contributed by atoms with Gasteiger partial charge in [-0.15, -0.1) is 0 Å². The summed E-state index contributed by atoms with van der Waals surface area (Å²) < 4.78 is 0. The average Bonchev–Trinajstić information content (AvgIpc) is 2.49. The van der Waals surface area contributed by atoms with Crippen LogP contribution in [0.15, 0.2) is 12.3 Å². The van der Waals surface area contributed by atoms with E-state index < -0.39 is 0 Å². The van der Waals surface area contributed by atoms with Crippen LogP contribution in [0.4, 0.5) is 0 Å². The number of aromatic nitrogens is 1. The van der Waals surface area contributed by atoms with Crippen molar-refractivity contribution in [2.75, 3.05) is 6.54 Å². The van der Waals surface area contributed by atoms with E-state index in [4.69, 9.17) is 11.6 Å². The molecule has 1 aliphatic carbocycles. The van der Waals surface area contributed by atoms with Crippen LogP contribution in [0.5, 0.6) is 11.5 Å². The quantitative estimate of drug-likeness (QED) is 0.655. The third kappa shape index (κ3) is 1.69. The van der Waals surface area contributed by atoms with Crippen LogP contribution in [0, 0.1) is 6.92 Å². The van der Waals surface area contributed by atoms with Gasteiger partial charge in [-0.05, 0) is 35.2 Å². The maximum absolute atomic E-state index is 10.3. The Balaban J connectivity index is 2.03. The number of nitrogens with zero attached hydrogens (tertiary/aromatic N) is 1. The van der Waals surface area contributed by atoms with E-state index in [1.807, 2.05) is 13.1 Å². The molecule has 2 aliphatic rings. The third-order valence-corrected chi connectivity index (χ3v) is 4.92. The Morgan fingerprint density at radius 2 is 2.10 bits per heavy atom. The second-order valence-electron chi connectivity index (χ2n) is 5.74. The highest BCUT2D eigenvalue weighted by molar-refractivity contribution is 6.32. The van der Waals surface area contributed by atoms with E-state index in [9.17, 15) is 10.2 Å². The van der Waals surface area contributed by atoms with Crippen LogP contribution >= 0.6 is 11.6 Å². The van der Waals surface area contributed by atoms with Crippen LogP contribution in [0.1, 0.15) is 39.4 Å². The van der Waals surface area contributed by atoms with Gasteiger partial charge in [-0.25, -0.2) is 0 Å². The van der Waals surface area contributed by atoms with E-state index >= 15 is 0 Å². The Morgan fingerprint density at radius 3 is 2.90 bits per heavy atom. The molecule has 1 aromatic heterocycles. The van der Waals surface area contributed by atoms with Gasteiger partial charge in [-0.3, -0.25) is 4.98 Å². The molecule has 0 bridgehead atoms. The first kappa shape index (κ1) is 12.9. The zero-order valence-corrected chi connectivity index (χ0v) is 12.3. The Hall–Kier alpha value is -1.78. The van der Waals surface area contributed by atoms with Crippen LogP contribution < -0.4 is 5.32 Å². The van der Waals surface area contributed by atoms with Crippen LogP contribution in [-0.4, -0.2) is 21.7 Å². The summed E-state index contributed by atoms with van der Waals surface area (Å²) in [6.07, 6.45) is 2.52. The first-order chi connectivity index (χ1) is 10.1. The smallest absolute Gasteiger partial charge is 0.176 e. The SMILES string of the molecule is Cc1ncc2c3c1Cc1c(cc(Cl)c(O)c1O)C3CNC2. The number of hydrogen-bond donors (Lipinski definition) is 3. The minimum atomic E-state index is -0.232. The summed E-state index contributed by atoms with van der Waals surface area (Å²) in [5.74, 6) is -0.180. The maximum Gasteiger partial charge on any atom is 0.176 e. The minimum Gasteiger partial charge on any atom is -0.504 e. The second-order valence-corrected chi connectivity index (χ2v) is 6.15. The number of halogens is 1. The van der Waals surface area contributed by atoms with E-state index in [0.717, 1.165) is 29.9 Å². The number of phenolic OH excluding ortho intramolecular Hbond substituents is 2. The molecule has 4 rings (SSSR count). The van der Waals surface area contributed by atoms with Crippen molar-refractivity contribution in [3.8, 4) is 11.5 Å². The fraction of sp³-hybridized carbons (Fsp3) is 0.312. The van der Waals surface area contributed by atoms with Gasteiger partial charge in [0.05, 0.1) is 5.02 Å². The molecule has 0 spiro atoms. The summed E-state index contributed by atoms with van der Waals surface area (Å²) in [5.41, 5.74) is 6.45. The highest BCUT2D eigenvalue weighted by Crippen LogP contribution is 2.48. The van der Waals surface area contributed by atoms with Crippen LogP contribution in [0.3, 0.4) is 0 Å². The van der Waals surface area contributed by atoms with Gasteiger partial charge in [0.1, 0.15) is 0 Å². The van der Waals surface area contributed by atoms with E-state index in [2.05, 4.69) is 10.3 Å². The summed E-state index contributed by atoms with van der Waals surface area (Å²) in [4.78, 5) is 4.46. The lowest BCUT2D eigenvalue weighted by Crippen LogP contribution is -2.33. The number of fused-ring (bicyclic) bond motifs is 2. The number of aromatic hydroxyl groups is 2. The van der Waals surface area contributed by atoms with Crippen LogP contribution in [-0.2, 0) is 13.0 Å². The van der Waals surface area contributed by atoms with E-state index in [-0.39, 0.29) is 22.4 Å². The molecule has 0 fully saturated rings. The number of nitrogens with one attached hydrogen (secondary N) is 1. The number of phenols is 2. The first-order valence-electron chi connectivity index (χ1n) is 6.99. The lowest BCUT2D eigenvalue weighted by atomic mass is 9.74. The van der Waals surface area contributed by atoms with Crippen molar-refractivity contribution in [2.45, 2.75) is 25.8 Å². The zero-order chi connectivity index (χ0) is 14.7. The van der Waals surface area contributed by atoms with Gasteiger partial charge in [0, 0.05) is 42.9 Å². The molecule has 3 N–H and O–H groups in total. The highest BCUT2D eigenvalue weighted by atomic mass is 35.5. The standard InChI is InChI=1S/C16H15ClN2O2/c1-7-9-2-11-10(3-13(17)16(21)15(11)20)12-6-18-4-8(5-19-7)14(9)12/h3,5,12,18,20-21H,2,4,6H2,1H3. The lowest BCUT2D eigenvalue weighted by Gasteiger charge is -2.35. The van der Waals surface area contributed by atoms with E-state index in [0.29, 0.717) is 6.42 Å². The van der Waals surface area contributed by atoms with Crippen LogP contribution in [0.25, 0.3) is 0 Å². The average molecular weight is 303 g/mol. The number of aryl methyl sites for hydroxylation is 1. The maximum atomic E-state index is 10.3. The van der Waals surface area contributed by atoms with Gasteiger partial charge < -0.3 is 15.5 Å². The molecule has 1 aromatic carbocycles. The lowest BCUT2D eigenvalue weighted by molar-refractivity contribution is 0.397. The van der Waals surface area contributed by atoms with Gasteiger partial charge >= 0.3 is 0 Å². The van der Waals surface area contributed by atoms with Crippen molar-refractivity contribution in [3.63, 3.8) is 0 Å². The number of hydrogen-bond acceptors (Lipinski definition) is 4. The monoisotopic (exact) mass is 302 g/mol. The molecule has 1 unspecified atom stereocenters. The van der Waals surface area contributed by atoms with Gasteiger partial charge in [0.25, 0.3) is 0 Å². The van der Waals surface area contributed by atoms with Gasteiger partial charge in [-0.2, -0.15) is 0 Å². The molecular formula is C16H15ClN2O2. The summed E-state index contributed by atoms with van der Waals surface area (Å²) in [6.45, 7) is 3.61. The molecular weight excluding hydrogens is 288 g/mol. The molecule has 0 radical (unpaired) electrons. The molecule has 2 aromatic rings. The summed E-state index contributed by atoms with van der Waals surface area (Å²) >= 11 is 6.05. The molecule has 1 atom stereocenters. The predicted molar refractivity (Wildman–Crippen MR) is 80.1 cm³/mol. The Bertz CT molecular complexity index is 774. The van der Waals surface area contributed by atoms with Crippen molar-refractivity contribution in [3.05, 3.63) is 50.8 Å². The summed E-state index contributed by atoms with van der Waals surface area (Å²) in [6, 6.07) is 1.78. The topological polar surface area (TPSA) is 65.4 Å². The fourth-order valence-corrected chi connectivity index (χ4v) is 3.79. The number of benzene rings is 1. The van der Waals surface area contributed by atoms with E-state index in [1.165, 1.54) is 16.7 Å². The molecule has 108 valence electrons. The minimum absolute atomic E-state index is 0.0986. The molecule has 0 saturated carbocycles.